The molecular formula is C21H22F3N9O2. The fourth-order valence-electron chi connectivity index (χ4n) is 4.37. The van der Waals surface area contributed by atoms with Crippen molar-refractivity contribution in [1.82, 2.24) is 40.3 Å². The molecule has 1 aromatic carbocycles. The number of halogens is 3. The Morgan fingerprint density at radius 1 is 1.09 bits per heavy atom. The van der Waals surface area contributed by atoms with E-state index in [2.05, 4.69) is 47.3 Å². The molecule has 5 rings (SSSR count). The minimum absolute atomic E-state index is 0.122. The van der Waals surface area contributed by atoms with Crippen LogP contribution in [0.1, 0.15) is 12.8 Å². The van der Waals surface area contributed by atoms with Gasteiger partial charge >= 0.3 is 12.1 Å². The first-order valence-corrected chi connectivity index (χ1v) is 10.9. The third-order valence-electron chi connectivity index (χ3n) is 6.39. The summed E-state index contributed by atoms with van der Waals surface area (Å²) in [6.45, 7) is 3.81. The van der Waals surface area contributed by atoms with Gasteiger partial charge in [-0.2, -0.15) is 18.0 Å². The SMILES string of the molecule is CN1CCC2(CC1)CN(c1ncc(-c3ccc(-c4nnn(C)n4)cc3OC(=O)C(F)(F)F)nn1)C2. The fourth-order valence-corrected chi connectivity index (χ4v) is 4.37. The van der Waals surface area contributed by atoms with Crippen LogP contribution in [0, 0.1) is 5.41 Å². The standard InChI is InChI=1S/C21H22F3N9O2/c1-31-7-5-20(6-8-31)11-33(12-20)19-25-10-15(26-28-19)14-4-3-13(17-27-30-32(2)29-17)9-16(14)35-18(34)21(22,23)24/h3-4,9-10H,5-8,11-12H2,1-2H3. The molecule has 2 fully saturated rings. The van der Waals surface area contributed by atoms with E-state index >= 15 is 0 Å². The highest BCUT2D eigenvalue weighted by atomic mass is 19.4. The third kappa shape index (κ3) is 4.65. The minimum Gasteiger partial charge on any atom is -0.419 e. The van der Waals surface area contributed by atoms with Crippen LogP contribution in [-0.4, -0.2) is 85.7 Å². The Kier molecular flexibility index (Phi) is 5.62. The van der Waals surface area contributed by atoms with Crippen LogP contribution in [0.25, 0.3) is 22.6 Å². The van der Waals surface area contributed by atoms with Crippen molar-refractivity contribution in [1.29, 1.82) is 0 Å². The van der Waals surface area contributed by atoms with E-state index in [0.717, 1.165) is 39.0 Å². The summed E-state index contributed by atoms with van der Waals surface area (Å²) in [7, 11) is 3.66. The summed E-state index contributed by atoms with van der Waals surface area (Å²) in [5.41, 5.74) is 0.870. The van der Waals surface area contributed by atoms with Crippen molar-refractivity contribution in [3.63, 3.8) is 0 Å². The number of nitrogens with zero attached hydrogens (tertiary/aromatic N) is 9. The zero-order valence-corrected chi connectivity index (χ0v) is 19.0. The number of hydrogen-bond donors (Lipinski definition) is 0. The smallest absolute Gasteiger partial charge is 0.419 e. The number of ether oxygens (including phenoxy) is 1. The molecule has 0 atom stereocenters. The van der Waals surface area contributed by atoms with Gasteiger partial charge in [-0.1, -0.05) is 6.07 Å². The first-order chi connectivity index (χ1) is 16.6. The van der Waals surface area contributed by atoms with Crippen LogP contribution in [0.5, 0.6) is 5.75 Å². The molecule has 0 radical (unpaired) electrons. The van der Waals surface area contributed by atoms with Crippen molar-refractivity contribution in [3.8, 4) is 28.4 Å². The van der Waals surface area contributed by atoms with Crippen molar-refractivity contribution in [2.75, 3.05) is 38.1 Å². The third-order valence-corrected chi connectivity index (χ3v) is 6.39. The van der Waals surface area contributed by atoms with Gasteiger partial charge in [-0.05, 0) is 50.3 Å². The lowest BCUT2D eigenvalue weighted by Gasteiger charge is -2.53. The minimum atomic E-state index is -5.17. The van der Waals surface area contributed by atoms with Gasteiger partial charge < -0.3 is 14.5 Å². The summed E-state index contributed by atoms with van der Waals surface area (Å²) in [5.74, 6) is -2.11. The molecule has 2 aliphatic rings. The number of tetrazole rings is 1. The lowest BCUT2D eigenvalue weighted by Crippen LogP contribution is -2.60. The van der Waals surface area contributed by atoms with Crippen molar-refractivity contribution in [2.45, 2.75) is 19.0 Å². The van der Waals surface area contributed by atoms with Gasteiger partial charge in [0, 0.05) is 29.6 Å². The zero-order chi connectivity index (χ0) is 24.8. The number of likely N-dealkylation sites (tertiary alicyclic amines) is 1. The van der Waals surface area contributed by atoms with Crippen molar-refractivity contribution in [3.05, 3.63) is 24.4 Å². The van der Waals surface area contributed by atoms with Crippen molar-refractivity contribution in [2.24, 2.45) is 12.5 Å². The molecule has 4 heterocycles. The molecular weight excluding hydrogens is 467 g/mol. The Morgan fingerprint density at radius 2 is 1.83 bits per heavy atom. The average molecular weight is 489 g/mol. The van der Waals surface area contributed by atoms with Crippen LogP contribution >= 0.6 is 0 Å². The number of piperidine rings is 1. The molecule has 0 saturated carbocycles. The monoisotopic (exact) mass is 489 g/mol. The number of carbonyl (C=O) groups is 1. The molecule has 1 spiro atoms. The van der Waals surface area contributed by atoms with Crippen molar-refractivity contribution < 1.29 is 22.7 Å². The highest BCUT2D eigenvalue weighted by Crippen LogP contribution is 2.41. The van der Waals surface area contributed by atoms with Crippen LogP contribution in [0.2, 0.25) is 0 Å². The second-order valence-electron chi connectivity index (χ2n) is 9.00. The second-order valence-corrected chi connectivity index (χ2v) is 9.00. The van der Waals surface area contributed by atoms with Crippen LogP contribution in [-0.2, 0) is 11.8 Å². The predicted octanol–water partition coefficient (Wildman–Crippen LogP) is 1.73. The number of esters is 1. The number of benzene rings is 1. The van der Waals surface area contributed by atoms with Gasteiger partial charge in [0.05, 0.1) is 13.2 Å². The summed E-state index contributed by atoms with van der Waals surface area (Å²) in [6.07, 6.45) is -1.53. The van der Waals surface area contributed by atoms with E-state index in [4.69, 9.17) is 0 Å². The van der Waals surface area contributed by atoms with E-state index in [0.29, 0.717) is 11.5 Å². The molecule has 0 aliphatic carbocycles. The molecule has 2 saturated heterocycles. The molecule has 0 N–H and O–H groups in total. The summed E-state index contributed by atoms with van der Waals surface area (Å²) in [6, 6.07) is 4.24. The predicted molar refractivity (Wildman–Crippen MR) is 116 cm³/mol. The van der Waals surface area contributed by atoms with Crippen LogP contribution in [0.4, 0.5) is 19.1 Å². The van der Waals surface area contributed by atoms with Crippen LogP contribution < -0.4 is 9.64 Å². The van der Waals surface area contributed by atoms with Gasteiger partial charge in [-0.3, -0.25) is 0 Å². The molecule has 184 valence electrons. The topological polar surface area (TPSA) is 115 Å². The lowest BCUT2D eigenvalue weighted by molar-refractivity contribution is -0.189. The van der Waals surface area contributed by atoms with Gasteiger partial charge in [0.2, 0.25) is 11.8 Å². The Morgan fingerprint density at radius 3 is 2.43 bits per heavy atom. The first kappa shape index (κ1) is 23.1. The quantitative estimate of drug-likeness (QED) is 0.396. The molecule has 35 heavy (non-hydrogen) atoms. The Hall–Kier alpha value is -3.68. The Balaban J connectivity index is 1.39. The molecule has 11 nitrogen and oxygen atoms in total. The molecule has 0 bridgehead atoms. The van der Waals surface area contributed by atoms with Gasteiger partial charge in [0.25, 0.3) is 0 Å². The lowest BCUT2D eigenvalue weighted by atomic mass is 9.72. The highest BCUT2D eigenvalue weighted by Gasteiger charge is 2.45. The Bertz CT molecular complexity index is 1230. The molecule has 3 aromatic rings. The largest absolute Gasteiger partial charge is 0.491 e. The van der Waals surface area contributed by atoms with Gasteiger partial charge in [-0.25, -0.2) is 9.78 Å². The molecule has 2 aliphatic heterocycles. The van der Waals surface area contributed by atoms with E-state index in [1.54, 1.807) is 13.1 Å². The van der Waals surface area contributed by atoms with Crippen LogP contribution in [0.3, 0.4) is 0 Å². The zero-order valence-electron chi connectivity index (χ0n) is 19.0. The van der Waals surface area contributed by atoms with E-state index in [-0.39, 0.29) is 28.2 Å². The Labute approximate surface area is 197 Å². The summed E-state index contributed by atoms with van der Waals surface area (Å²) in [4.78, 5) is 21.5. The number of alkyl halides is 3. The van der Waals surface area contributed by atoms with Gasteiger partial charge in [-0.15, -0.1) is 20.4 Å². The summed E-state index contributed by atoms with van der Waals surface area (Å²) >= 11 is 0. The molecule has 0 amide bonds. The van der Waals surface area contributed by atoms with E-state index in [1.165, 1.54) is 23.1 Å². The number of hydrogen-bond acceptors (Lipinski definition) is 10. The maximum absolute atomic E-state index is 12.9. The molecule has 0 unspecified atom stereocenters. The molecule has 2 aromatic heterocycles. The van der Waals surface area contributed by atoms with Crippen molar-refractivity contribution >= 4 is 11.9 Å². The molecule has 14 heteroatoms. The van der Waals surface area contributed by atoms with E-state index < -0.39 is 12.1 Å². The first-order valence-electron chi connectivity index (χ1n) is 10.9. The summed E-state index contributed by atoms with van der Waals surface area (Å²) in [5, 5.41) is 19.9. The van der Waals surface area contributed by atoms with Gasteiger partial charge in [0.1, 0.15) is 11.4 Å². The van der Waals surface area contributed by atoms with E-state index in [9.17, 15) is 18.0 Å². The maximum Gasteiger partial charge on any atom is 0.491 e. The normalized spacial score (nSPS) is 17.9. The average Bonchev–Trinajstić information content (AvgIpc) is 3.24. The number of rotatable bonds is 4. The van der Waals surface area contributed by atoms with E-state index in [1.807, 2.05) is 4.90 Å². The summed E-state index contributed by atoms with van der Waals surface area (Å²) < 4.78 is 43.4. The van der Waals surface area contributed by atoms with Gasteiger partial charge in [0.15, 0.2) is 0 Å². The fraction of sp³-hybridized carbons (Fsp3) is 0.476. The number of anilines is 1. The maximum atomic E-state index is 12.9. The number of aryl methyl sites for hydroxylation is 1. The number of aromatic nitrogens is 7. The highest BCUT2D eigenvalue weighted by molar-refractivity contribution is 5.82. The van der Waals surface area contributed by atoms with Crippen LogP contribution in [0.15, 0.2) is 24.4 Å². The number of carbonyl (C=O) groups excluding carboxylic acids is 1. The second kappa shape index (κ2) is 8.52.